The number of aryl methyl sites for hydroxylation is 2. The Morgan fingerprint density at radius 1 is 1.18 bits per heavy atom. The smallest absolute Gasteiger partial charge is 0.211 e. The number of hydrogen-bond donors (Lipinski definition) is 0. The molecule has 2 heterocycles. The third kappa shape index (κ3) is 4.20. The van der Waals surface area contributed by atoms with Crippen molar-refractivity contribution in [3.8, 4) is 11.3 Å². The predicted octanol–water partition coefficient (Wildman–Crippen LogP) is 5.65. The summed E-state index contributed by atoms with van der Waals surface area (Å²) in [5.74, 6) is 0.483. The predicted molar refractivity (Wildman–Crippen MR) is 117 cm³/mol. The summed E-state index contributed by atoms with van der Waals surface area (Å²) in [7, 11) is 0. The van der Waals surface area contributed by atoms with E-state index in [9.17, 15) is 0 Å². The number of allylic oxidation sites excluding steroid dienone is 2. The Morgan fingerprint density at radius 2 is 2.11 bits per heavy atom. The van der Waals surface area contributed by atoms with Crippen molar-refractivity contribution in [3.63, 3.8) is 0 Å². The van der Waals surface area contributed by atoms with Gasteiger partial charge in [-0.15, -0.1) is 11.3 Å². The number of nitrogens with zero attached hydrogens (tertiary/aromatic N) is 4. The topological polar surface area (TPSA) is 42.5 Å². The third-order valence-corrected chi connectivity index (χ3v) is 5.88. The molecule has 5 heteroatoms. The first-order chi connectivity index (χ1) is 13.7. The van der Waals surface area contributed by atoms with E-state index in [-0.39, 0.29) is 0 Å². The van der Waals surface area contributed by atoms with Gasteiger partial charge in [-0.3, -0.25) is 4.98 Å². The number of hydrogen-bond acceptors (Lipinski definition) is 4. The van der Waals surface area contributed by atoms with Crippen LogP contribution in [0.5, 0.6) is 0 Å². The van der Waals surface area contributed by atoms with Crippen molar-refractivity contribution in [2.75, 3.05) is 0 Å². The Bertz CT molecular complexity index is 1070. The van der Waals surface area contributed by atoms with Gasteiger partial charge in [-0.2, -0.15) is 5.10 Å². The Kier molecular flexibility index (Phi) is 5.63. The van der Waals surface area contributed by atoms with Crippen molar-refractivity contribution in [2.24, 2.45) is 16.0 Å². The maximum absolute atomic E-state index is 4.87. The summed E-state index contributed by atoms with van der Waals surface area (Å²) in [6, 6.07) is 10.4. The average molecular weight is 389 g/mol. The molecule has 1 aromatic carbocycles. The van der Waals surface area contributed by atoms with Crippen LogP contribution in [0.15, 0.2) is 70.4 Å². The zero-order chi connectivity index (χ0) is 19.3. The van der Waals surface area contributed by atoms with E-state index in [1.165, 1.54) is 11.1 Å². The fourth-order valence-electron chi connectivity index (χ4n) is 3.23. The second-order valence-electron chi connectivity index (χ2n) is 7.15. The van der Waals surface area contributed by atoms with E-state index in [4.69, 9.17) is 10.1 Å². The molecular weight excluding hydrogens is 364 g/mol. The van der Waals surface area contributed by atoms with Crippen molar-refractivity contribution >= 4 is 23.2 Å². The molecule has 1 atom stereocenters. The summed E-state index contributed by atoms with van der Waals surface area (Å²) in [5.41, 5.74) is 5.64. The number of rotatable bonds is 4. The molecule has 0 amide bonds. The lowest BCUT2D eigenvalue weighted by Gasteiger charge is -2.12. The van der Waals surface area contributed by atoms with Gasteiger partial charge in [-0.1, -0.05) is 24.3 Å². The lowest BCUT2D eigenvalue weighted by Crippen LogP contribution is -2.13. The Balaban J connectivity index is 1.79. The summed E-state index contributed by atoms with van der Waals surface area (Å²) in [6.07, 6.45) is 13.5. The van der Waals surface area contributed by atoms with Gasteiger partial charge in [0.15, 0.2) is 0 Å². The molecule has 2 aromatic heterocycles. The zero-order valence-electron chi connectivity index (χ0n) is 16.2. The van der Waals surface area contributed by atoms with E-state index >= 15 is 0 Å². The molecule has 28 heavy (non-hydrogen) atoms. The summed E-state index contributed by atoms with van der Waals surface area (Å²) >= 11 is 1.60. The molecule has 0 radical (unpaired) electrons. The highest BCUT2D eigenvalue weighted by Crippen LogP contribution is 2.24. The van der Waals surface area contributed by atoms with Crippen LogP contribution in [0.3, 0.4) is 0 Å². The molecule has 0 saturated carbocycles. The highest BCUT2D eigenvalue weighted by molar-refractivity contribution is 7.07. The van der Waals surface area contributed by atoms with E-state index in [1.807, 2.05) is 16.8 Å². The van der Waals surface area contributed by atoms with Gasteiger partial charge in [-0.05, 0) is 68.4 Å². The maximum atomic E-state index is 4.87. The average Bonchev–Trinajstić information content (AvgIpc) is 3.12. The van der Waals surface area contributed by atoms with E-state index in [0.717, 1.165) is 41.0 Å². The fourth-order valence-corrected chi connectivity index (χ4v) is 4.09. The Hall–Kier alpha value is -2.79. The first-order valence-corrected chi connectivity index (χ1v) is 10.5. The van der Waals surface area contributed by atoms with Crippen LogP contribution in [0.2, 0.25) is 0 Å². The molecule has 0 spiro atoms. The molecule has 4 nitrogen and oxygen atoms in total. The van der Waals surface area contributed by atoms with Crippen molar-refractivity contribution < 1.29 is 0 Å². The first kappa shape index (κ1) is 18.6. The van der Waals surface area contributed by atoms with Crippen molar-refractivity contribution in [3.05, 3.63) is 76.2 Å². The van der Waals surface area contributed by atoms with E-state index in [0.29, 0.717) is 5.92 Å². The summed E-state index contributed by atoms with van der Waals surface area (Å²) in [5, 5.41) is 7.00. The largest absolute Gasteiger partial charge is 0.262 e. The molecule has 3 aromatic rings. The monoisotopic (exact) mass is 388 g/mol. The van der Waals surface area contributed by atoms with Crippen LogP contribution in [0.1, 0.15) is 30.4 Å². The lowest BCUT2D eigenvalue weighted by molar-refractivity contribution is 0.622. The van der Waals surface area contributed by atoms with Crippen molar-refractivity contribution in [1.82, 2.24) is 9.66 Å². The van der Waals surface area contributed by atoms with Crippen LogP contribution >= 0.6 is 11.3 Å². The van der Waals surface area contributed by atoms with Gasteiger partial charge in [0.05, 0.1) is 17.6 Å². The second kappa shape index (κ2) is 8.48. The minimum absolute atomic E-state index is 0.483. The van der Waals surface area contributed by atoms with Gasteiger partial charge in [0, 0.05) is 23.4 Å². The lowest BCUT2D eigenvalue weighted by atomic mass is 9.96. The van der Waals surface area contributed by atoms with Gasteiger partial charge in [0.25, 0.3) is 0 Å². The molecule has 0 fully saturated rings. The number of benzene rings is 1. The van der Waals surface area contributed by atoms with Crippen LogP contribution in [0.25, 0.3) is 11.3 Å². The molecule has 0 N–H and O–H groups in total. The highest BCUT2D eigenvalue weighted by Gasteiger charge is 2.11. The number of aromatic nitrogens is 2. The number of pyridine rings is 1. The molecule has 0 saturated heterocycles. The van der Waals surface area contributed by atoms with Gasteiger partial charge < -0.3 is 0 Å². The Morgan fingerprint density at radius 3 is 2.86 bits per heavy atom. The van der Waals surface area contributed by atoms with Gasteiger partial charge in [-0.25, -0.2) is 9.67 Å². The molecule has 1 aliphatic rings. The molecule has 142 valence electrons. The van der Waals surface area contributed by atoms with Crippen LogP contribution in [-0.4, -0.2) is 15.9 Å². The summed E-state index contributed by atoms with van der Waals surface area (Å²) in [6.45, 7) is 4.28. The standard InChI is InChI=1S/C23H24N4S/c1-17-10-11-20(13-18(17)2)22-16-28-23(26-21-9-6-12-24-15-21)27(22)25-14-19-7-4-3-5-8-19/h3-4,6,9-16,19H,5,7-8H2,1-2H3. The minimum atomic E-state index is 0.483. The highest BCUT2D eigenvalue weighted by atomic mass is 32.1. The Labute approximate surface area is 169 Å². The van der Waals surface area contributed by atoms with Crippen molar-refractivity contribution in [2.45, 2.75) is 33.1 Å². The van der Waals surface area contributed by atoms with Gasteiger partial charge >= 0.3 is 0 Å². The van der Waals surface area contributed by atoms with Gasteiger partial charge in [0.2, 0.25) is 4.80 Å². The van der Waals surface area contributed by atoms with E-state index in [2.05, 4.69) is 60.8 Å². The van der Waals surface area contributed by atoms with E-state index in [1.54, 1.807) is 23.7 Å². The van der Waals surface area contributed by atoms with Crippen molar-refractivity contribution in [1.29, 1.82) is 0 Å². The molecule has 0 aliphatic heterocycles. The molecule has 4 rings (SSSR count). The third-order valence-electron chi connectivity index (χ3n) is 5.06. The summed E-state index contributed by atoms with van der Waals surface area (Å²) in [4.78, 5) is 9.80. The molecule has 1 unspecified atom stereocenters. The SMILES string of the molecule is Cc1ccc(-c2csc(=Nc3cccnc3)n2N=CC2CC=CCC2)cc1C. The molecular formula is C23H24N4S. The quantitative estimate of drug-likeness (QED) is 0.420. The van der Waals surface area contributed by atoms with Crippen LogP contribution in [0, 0.1) is 19.8 Å². The maximum Gasteiger partial charge on any atom is 0.211 e. The van der Waals surface area contributed by atoms with Crippen LogP contribution in [0.4, 0.5) is 5.69 Å². The normalized spacial score (nSPS) is 17.5. The molecule has 0 bridgehead atoms. The zero-order valence-corrected chi connectivity index (χ0v) is 17.1. The minimum Gasteiger partial charge on any atom is -0.262 e. The van der Waals surface area contributed by atoms with Crippen LogP contribution < -0.4 is 4.80 Å². The molecule has 1 aliphatic carbocycles. The first-order valence-electron chi connectivity index (χ1n) is 9.63. The van der Waals surface area contributed by atoms with Crippen LogP contribution in [-0.2, 0) is 0 Å². The van der Waals surface area contributed by atoms with Gasteiger partial charge in [0.1, 0.15) is 0 Å². The number of thiazole rings is 1. The fraction of sp³-hybridized carbons (Fsp3) is 0.261. The second-order valence-corrected chi connectivity index (χ2v) is 7.98. The van der Waals surface area contributed by atoms with E-state index < -0.39 is 0 Å². The summed E-state index contributed by atoms with van der Waals surface area (Å²) < 4.78 is 1.97.